The van der Waals surface area contributed by atoms with Crippen LogP contribution in [0.15, 0.2) is 0 Å². The van der Waals surface area contributed by atoms with Gasteiger partial charge in [0.25, 0.3) is 0 Å². The molecule has 0 radical (unpaired) electrons. The fourth-order valence-corrected chi connectivity index (χ4v) is 3.88. The molecular formula is C16H32N2. The van der Waals surface area contributed by atoms with Gasteiger partial charge in [0, 0.05) is 32.2 Å². The fraction of sp³-hybridized carbons (Fsp3) is 1.00. The summed E-state index contributed by atoms with van der Waals surface area (Å²) in [5.74, 6) is 2.77. The molecule has 18 heavy (non-hydrogen) atoms. The fourth-order valence-electron chi connectivity index (χ4n) is 3.88. The van der Waals surface area contributed by atoms with Gasteiger partial charge in [0.15, 0.2) is 0 Å². The minimum absolute atomic E-state index is 0.736. The van der Waals surface area contributed by atoms with E-state index in [1.54, 1.807) is 0 Å². The maximum atomic E-state index is 3.68. The Labute approximate surface area is 114 Å². The molecule has 0 bridgehead atoms. The molecule has 1 saturated carbocycles. The van der Waals surface area contributed by atoms with Gasteiger partial charge in [-0.3, -0.25) is 0 Å². The van der Waals surface area contributed by atoms with Crippen LogP contribution in [0.3, 0.4) is 0 Å². The van der Waals surface area contributed by atoms with Crippen LogP contribution in [-0.4, -0.2) is 37.1 Å². The first-order chi connectivity index (χ1) is 8.63. The summed E-state index contributed by atoms with van der Waals surface area (Å²) in [6, 6.07) is 0.736. The SMILES string of the molecule is CC(C)CC1CN(CC2CCCC(C)C2)CCN1. The highest BCUT2D eigenvalue weighted by Gasteiger charge is 2.25. The van der Waals surface area contributed by atoms with Gasteiger partial charge in [-0.15, -0.1) is 0 Å². The number of piperazine rings is 1. The number of nitrogens with zero attached hydrogens (tertiary/aromatic N) is 1. The normalized spacial score (nSPS) is 35.0. The molecule has 1 saturated heterocycles. The third kappa shape index (κ3) is 4.55. The number of nitrogens with one attached hydrogen (secondary N) is 1. The van der Waals surface area contributed by atoms with Crippen molar-refractivity contribution < 1.29 is 0 Å². The predicted molar refractivity (Wildman–Crippen MR) is 78.8 cm³/mol. The quantitative estimate of drug-likeness (QED) is 0.827. The smallest absolute Gasteiger partial charge is 0.0198 e. The number of rotatable bonds is 4. The molecule has 0 aromatic heterocycles. The van der Waals surface area contributed by atoms with Gasteiger partial charge in [0.2, 0.25) is 0 Å². The van der Waals surface area contributed by atoms with E-state index < -0.39 is 0 Å². The van der Waals surface area contributed by atoms with E-state index in [0.29, 0.717) is 0 Å². The molecule has 0 spiro atoms. The zero-order valence-electron chi connectivity index (χ0n) is 12.6. The van der Waals surface area contributed by atoms with Crippen LogP contribution in [0.1, 0.15) is 52.9 Å². The summed E-state index contributed by atoms with van der Waals surface area (Å²) in [5.41, 5.74) is 0. The standard InChI is InChI=1S/C16H32N2/c1-13(2)9-16-12-18(8-7-17-16)11-15-6-4-5-14(3)10-15/h13-17H,4-12H2,1-3H3. The van der Waals surface area contributed by atoms with Gasteiger partial charge in [-0.25, -0.2) is 0 Å². The van der Waals surface area contributed by atoms with Crippen LogP contribution in [0.4, 0.5) is 0 Å². The molecule has 2 fully saturated rings. The largest absolute Gasteiger partial charge is 0.311 e. The van der Waals surface area contributed by atoms with Crippen molar-refractivity contribution in [3.8, 4) is 0 Å². The van der Waals surface area contributed by atoms with Crippen molar-refractivity contribution in [3.05, 3.63) is 0 Å². The average molecular weight is 252 g/mol. The summed E-state index contributed by atoms with van der Waals surface area (Å²) in [6.45, 7) is 12.2. The second-order valence-corrected chi connectivity index (χ2v) is 7.18. The van der Waals surface area contributed by atoms with Crippen LogP contribution in [0.25, 0.3) is 0 Å². The summed E-state index contributed by atoms with van der Waals surface area (Å²) in [4.78, 5) is 2.73. The van der Waals surface area contributed by atoms with Crippen molar-refractivity contribution in [3.63, 3.8) is 0 Å². The molecule has 1 aliphatic heterocycles. The second kappa shape index (κ2) is 6.91. The Kier molecular flexibility index (Phi) is 5.50. The topological polar surface area (TPSA) is 15.3 Å². The minimum atomic E-state index is 0.736. The van der Waals surface area contributed by atoms with E-state index in [1.165, 1.54) is 58.3 Å². The van der Waals surface area contributed by atoms with Crippen molar-refractivity contribution >= 4 is 0 Å². The summed E-state index contributed by atoms with van der Waals surface area (Å²) in [7, 11) is 0. The molecule has 1 N–H and O–H groups in total. The summed E-state index contributed by atoms with van der Waals surface area (Å²) in [6.07, 6.45) is 7.21. The Balaban J connectivity index is 1.74. The highest BCUT2D eigenvalue weighted by Crippen LogP contribution is 2.29. The van der Waals surface area contributed by atoms with Crippen LogP contribution in [0.5, 0.6) is 0 Å². The number of hydrogen-bond donors (Lipinski definition) is 1. The lowest BCUT2D eigenvalue weighted by Gasteiger charge is -2.38. The third-order valence-electron chi connectivity index (χ3n) is 4.66. The molecule has 0 aromatic rings. The van der Waals surface area contributed by atoms with Crippen LogP contribution >= 0.6 is 0 Å². The van der Waals surface area contributed by atoms with Crippen molar-refractivity contribution in [2.45, 2.75) is 58.9 Å². The average Bonchev–Trinajstić information content (AvgIpc) is 2.28. The van der Waals surface area contributed by atoms with Gasteiger partial charge in [0.05, 0.1) is 0 Å². The van der Waals surface area contributed by atoms with Gasteiger partial charge >= 0.3 is 0 Å². The molecule has 2 aliphatic rings. The van der Waals surface area contributed by atoms with E-state index in [-0.39, 0.29) is 0 Å². The minimum Gasteiger partial charge on any atom is -0.311 e. The Morgan fingerprint density at radius 2 is 2.11 bits per heavy atom. The zero-order valence-corrected chi connectivity index (χ0v) is 12.6. The van der Waals surface area contributed by atoms with Crippen molar-refractivity contribution in [2.24, 2.45) is 17.8 Å². The van der Waals surface area contributed by atoms with E-state index >= 15 is 0 Å². The van der Waals surface area contributed by atoms with Crippen LogP contribution in [0.2, 0.25) is 0 Å². The van der Waals surface area contributed by atoms with Crippen molar-refractivity contribution in [1.29, 1.82) is 0 Å². The van der Waals surface area contributed by atoms with Crippen LogP contribution < -0.4 is 5.32 Å². The summed E-state index contributed by atoms with van der Waals surface area (Å²) in [5, 5.41) is 3.68. The van der Waals surface area contributed by atoms with Crippen molar-refractivity contribution in [1.82, 2.24) is 10.2 Å². The predicted octanol–water partition coefficient (Wildman–Crippen LogP) is 3.13. The van der Waals surface area contributed by atoms with E-state index in [4.69, 9.17) is 0 Å². The molecule has 0 aromatic carbocycles. The van der Waals surface area contributed by atoms with Crippen LogP contribution in [0, 0.1) is 17.8 Å². The molecule has 1 aliphatic carbocycles. The molecule has 3 atom stereocenters. The van der Waals surface area contributed by atoms with Crippen LogP contribution in [-0.2, 0) is 0 Å². The number of hydrogen-bond acceptors (Lipinski definition) is 2. The van der Waals surface area contributed by atoms with Gasteiger partial charge in [-0.1, -0.05) is 33.6 Å². The lowest BCUT2D eigenvalue weighted by Crippen LogP contribution is -2.52. The lowest BCUT2D eigenvalue weighted by atomic mass is 9.82. The molecule has 1 heterocycles. The Morgan fingerprint density at radius 1 is 1.28 bits per heavy atom. The Bertz CT molecular complexity index is 239. The lowest BCUT2D eigenvalue weighted by molar-refractivity contribution is 0.137. The van der Waals surface area contributed by atoms with Crippen molar-refractivity contribution in [2.75, 3.05) is 26.2 Å². The van der Waals surface area contributed by atoms with E-state index in [2.05, 4.69) is 31.0 Å². The van der Waals surface area contributed by atoms with E-state index in [0.717, 1.165) is 23.8 Å². The van der Waals surface area contributed by atoms with Gasteiger partial charge in [0.1, 0.15) is 0 Å². The van der Waals surface area contributed by atoms with E-state index in [1.807, 2.05) is 0 Å². The highest BCUT2D eigenvalue weighted by atomic mass is 15.2. The molecule has 2 nitrogen and oxygen atoms in total. The molecule has 2 heteroatoms. The molecule has 2 rings (SSSR count). The van der Waals surface area contributed by atoms with E-state index in [9.17, 15) is 0 Å². The van der Waals surface area contributed by atoms with Gasteiger partial charge in [-0.2, -0.15) is 0 Å². The summed E-state index contributed by atoms with van der Waals surface area (Å²) < 4.78 is 0. The summed E-state index contributed by atoms with van der Waals surface area (Å²) >= 11 is 0. The first-order valence-electron chi connectivity index (χ1n) is 8.09. The first-order valence-corrected chi connectivity index (χ1v) is 8.09. The zero-order chi connectivity index (χ0) is 13.0. The highest BCUT2D eigenvalue weighted by molar-refractivity contribution is 4.82. The molecule has 3 unspecified atom stereocenters. The Hall–Kier alpha value is -0.0800. The molecule has 106 valence electrons. The van der Waals surface area contributed by atoms with Gasteiger partial charge in [-0.05, 0) is 37.0 Å². The maximum absolute atomic E-state index is 3.68. The monoisotopic (exact) mass is 252 g/mol. The first kappa shape index (κ1) is 14.3. The van der Waals surface area contributed by atoms with Gasteiger partial charge < -0.3 is 10.2 Å². The Morgan fingerprint density at radius 3 is 2.83 bits per heavy atom. The third-order valence-corrected chi connectivity index (χ3v) is 4.66. The molecular weight excluding hydrogens is 220 g/mol. The maximum Gasteiger partial charge on any atom is 0.0198 e. The molecule has 0 amide bonds. The second-order valence-electron chi connectivity index (χ2n) is 7.18.